The number of hydrogen-bond acceptors (Lipinski definition) is 4. The highest BCUT2D eigenvalue weighted by atomic mass is 19.4. The second-order valence-corrected chi connectivity index (χ2v) is 7.84. The van der Waals surface area contributed by atoms with Crippen molar-refractivity contribution in [3.63, 3.8) is 0 Å². The van der Waals surface area contributed by atoms with Crippen molar-refractivity contribution in [2.24, 2.45) is 7.05 Å². The minimum Gasteiger partial charge on any atom is -0.406 e. The third-order valence-corrected chi connectivity index (χ3v) is 5.24. The first-order valence-electron chi connectivity index (χ1n) is 10.5. The van der Waals surface area contributed by atoms with E-state index in [-0.39, 0.29) is 30.6 Å². The van der Waals surface area contributed by atoms with Crippen LogP contribution in [0.1, 0.15) is 41.2 Å². The fourth-order valence-electron chi connectivity index (χ4n) is 3.64. The zero-order valence-electron chi connectivity index (χ0n) is 18.4. The zero-order chi connectivity index (χ0) is 25.8. The van der Waals surface area contributed by atoms with Gasteiger partial charge >= 0.3 is 12.5 Å². The molecule has 1 unspecified atom stereocenters. The molecule has 0 aliphatic carbocycles. The molecule has 3 aromatic rings. The number of amides is 1. The smallest absolute Gasteiger partial charge is 0.406 e. The number of carbonyl (C=O) groups excluding carboxylic acids is 1. The summed E-state index contributed by atoms with van der Waals surface area (Å²) in [7, 11) is 1.46. The summed E-state index contributed by atoms with van der Waals surface area (Å²) in [6.07, 6.45) is -10.6. The van der Waals surface area contributed by atoms with Crippen LogP contribution in [-0.2, 0) is 7.05 Å². The van der Waals surface area contributed by atoms with Crippen LogP contribution in [0.25, 0.3) is 11.0 Å². The highest BCUT2D eigenvalue weighted by molar-refractivity contribution is 5.94. The lowest BCUT2D eigenvalue weighted by Gasteiger charge is -2.19. The van der Waals surface area contributed by atoms with Gasteiger partial charge in [0.15, 0.2) is 0 Å². The summed E-state index contributed by atoms with van der Waals surface area (Å²) in [6.45, 7) is -0.0120. The van der Waals surface area contributed by atoms with E-state index in [4.69, 9.17) is 0 Å². The lowest BCUT2D eigenvalue weighted by atomic mass is 9.95. The molecule has 1 aromatic heterocycles. The van der Waals surface area contributed by atoms with E-state index in [1.807, 2.05) is 0 Å². The fraction of sp³-hybridized carbons (Fsp3) is 0.348. The van der Waals surface area contributed by atoms with Crippen LogP contribution in [0.4, 0.5) is 26.3 Å². The van der Waals surface area contributed by atoms with Crippen LogP contribution in [0.5, 0.6) is 5.75 Å². The number of hydrogen-bond donors (Lipinski definition) is 1. The topological polar surface area (TPSA) is 73.2 Å². The highest BCUT2D eigenvalue weighted by Crippen LogP contribution is 2.32. The fourth-order valence-corrected chi connectivity index (χ4v) is 3.64. The van der Waals surface area contributed by atoms with Crippen molar-refractivity contribution >= 4 is 16.9 Å². The molecule has 1 heterocycles. The van der Waals surface area contributed by atoms with Gasteiger partial charge in [-0.3, -0.25) is 9.59 Å². The van der Waals surface area contributed by atoms with E-state index in [1.165, 1.54) is 11.6 Å². The molecule has 35 heavy (non-hydrogen) atoms. The van der Waals surface area contributed by atoms with Gasteiger partial charge in [-0.25, -0.2) is 4.98 Å². The van der Waals surface area contributed by atoms with Gasteiger partial charge in [0, 0.05) is 25.1 Å². The molecule has 0 aliphatic heterocycles. The number of aromatic nitrogens is 2. The van der Waals surface area contributed by atoms with E-state index >= 15 is 0 Å². The van der Waals surface area contributed by atoms with E-state index in [9.17, 15) is 35.9 Å². The number of nitrogens with one attached hydrogen (secondary N) is 1. The van der Waals surface area contributed by atoms with Gasteiger partial charge in [0.25, 0.3) is 11.5 Å². The second kappa shape index (κ2) is 10.4. The normalized spacial score (nSPS) is 13.0. The van der Waals surface area contributed by atoms with Crippen LogP contribution in [0.2, 0.25) is 0 Å². The van der Waals surface area contributed by atoms with Gasteiger partial charge in [0.1, 0.15) is 11.4 Å². The number of ether oxygens (including phenoxy) is 1. The number of halogens is 6. The first-order chi connectivity index (χ1) is 16.3. The second-order valence-electron chi connectivity index (χ2n) is 7.84. The van der Waals surface area contributed by atoms with Gasteiger partial charge in [-0.05, 0) is 49.2 Å². The predicted octanol–water partition coefficient (Wildman–Crippen LogP) is 5.08. The van der Waals surface area contributed by atoms with Crippen molar-refractivity contribution in [1.82, 2.24) is 14.9 Å². The van der Waals surface area contributed by atoms with Crippen molar-refractivity contribution in [2.75, 3.05) is 6.54 Å². The first-order valence-corrected chi connectivity index (χ1v) is 10.5. The van der Waals surface area contributed by atoms with Crippen molar-refractivity contribution in [3.8, 4) is 5.75 Å². The van der Waals surface area contributed by atoms with Crippen molar-refractivity contribution in [2.45, 2.75) is 37.7 Å². The van der Waals surface area contributed by atoms with Crippen LogP contribution in [0.15, 0.2) is 53.3 Å². The molecule has 1 amide bonds. The molecule has 0 fully saturated rings. The summed E-state index contributed by atoms with van der Waals surface area (Å²) in [5.41, 5.74) is 0.114. The average Bonchev–Trinajstić information content (AvgIpc) is 2.77. The number of fused-ring (bicyclic) bond motifs is 1. The van der Waals surface area contributed by atoms with E-state index in [0.717, 1.165) is 24.3 Å². The Kier molecular flexibility index (Phi) is 7.71. The summed E-state index contributed by atoms with van der Waals surface area (Å²) in [4.78, 5) is 29.1. The minimum atomic E-state index is -4.86. The maximum Gasteiger partial charge on any atom is 0.573 e. The van der Waals surface area contributed by atoms with E-state index in [1.54, 1.807) is 24.3 Å². The van der Waals surface area contributed by atoms with Crippen LogP contribution in [0.3, 0.4) is 0 Å². The van der Waals surface area contributed by atoms with Crippen molar-refractivity contribution < 1.29 is 35.9 Å². The largest absolute Gasteiger partial charge is 0.573 e. The summed E-state index contributed by atoms with van der Waals surface area (Å²) < 4.78 is 81.4. The average molecular weight is 501 g/mol. The Hall–Kier alpha value is -3.57. The Morgan fingerprint density at radius 2 is 1.71 bits per heavy atom. The Bertz CT molecular complexity index is 1240. The molecule has 3 rings (SSSR count). The molecule has 6 nitrogen and oxygen atoms in total. The standard InChI is InChI=1S/C23H21F6N3O3/c1-32-18-7-3-2-6-17(18)31-19(21(32)34)15(13-22(24,25)26)5-4-12-30-20(33)14-8-10-16(11-9-14)35-23(27,28)29/h2-3,6-11,15H,4-5,12-13H2,1H3,(H,30,33). The van der Waals surface area contributed by atoms with E-state index < -0.39 is 42.1 Å². The SMILES string of the molecule is Cn1c(=O)c(C(CCCNC(=O)c2ccc(OC(F)(F)F)cc2)CC(F)(F)F)nc2ccccc21. The number of carbonyl (C=O) groups is 1. The van der Waals surface area contributed by atoms with Gasteiger partial charge in [-0.1, -0.05) is 12.1 Å². The Balaban J connectivity index is 1.67. The number of rotatable bonds is 8. The quantitative estimate of drug-likeness (QED) is 0.345. The third kappa shape index (κ3) is 7.20. The van der Waals surface area contributed by atoms with Gasteiger partial charge in [0.2, 0.25) is 0 Å². The highest BCUT2D eigenvalue weighted by Gasteiger charge is 2.34. The summed E-state index contributed by atoms with van der Waals surface area (Å²) in [5.74, 6) is -2.32. The molecule has 0 radical (unpaired) electrons. The van der Waals surface area contributed by atoms with Crippen molar-refractivity contribution in [1.29, 1.82) is 0 Å². The lowest BCUT2D eigenvalue weighted by molar-refractivity contribution is -0.274. The molecule has 1 atom stereocenters. The first kappa shape index (κ1) is 26.0. The predicted molar refractivity (Wildman–Crippen MR) is 115 cm³/mol. The maximum absolute atomic E-state index is 13.2. The number of benzene rings is 2. The molecule has 188 valence electrons. The number of alkyl halides is 6. The minimum absolute atomic E-state index is 0.0120. The van der Waals surface area contributed by atoms with Crippen molar-refractivity contribution in [3.05, 3.63) is 70.1 Å². The maximum atomic E-state index is 13.2. The zero-order valence-corrected chi connectivity index (χ0v) is 18.4. The van der Waals surface area contributed by atoms with Crippen LogP contribution in [-0.4, -0.2) is 34.5 Å². The number of para-hydroxylation sites is 2. The Morgan fingerprint density at radius 1 is 1.06 bits per heavy atom. The van der Waals surface area contributed by atoms with Crippen LogP contribution < -0.4 is 15.6 Å². The molecule has 1 N–H and O–H groups in total. The van der Waals surface area contributed by atoms with Gasteiger partial charge < -0.3 is 14.6 Å². The molecule has 0 saturated heterocycles. The van der Waals surface area contributed by atoms with Gasteiger partial charge in [0.05, 0.1) is 17.5 Å². The summed E-state index contributed by atoms with van der Waals surface area (Å²) >= 11 is 0. The molecular formula is C23H21F6N3O3. The molecule has 2 aromatic carbocycles. The third-order valence-electron chi connectivity index (χ3n) is 5.24. The summed E-state index contributed by atoms with van der Waals surface area (Å²) in [6, 6.07) is 10.8. The Morgan fingerprint density at radius 3 is 2.34 bits per heavy atom. The van der Waals surface area contributed by atoms with Crippen LogP contribution >= 0.6 is 0 Å². The monoisotopic (exact) mass is 501 g/mol. The van der Waals surface area contributed by atoms with E-state index in [0.29, 0.717) is 11.0 Å². The molecule has 12 heteroatoms. The molecule has 0 spiro atoms. The Labute approximate surface area is 195 Å². The van der Waals surface area contributed by atoms with Crippen LogP contribution in [0, 0.1) is 0 Å². The van der Waals surface area contributed by atoms with Gasteiger partial charge in [-0.2, -0.15) is 13.2 Å². The van der Waals surface area contributed by atoms with Gasteiger partial charge in [-0.15, -0.1) is 13.2 Å². The molecule has 0 bridgehead atoms. The lowest BCUT2D eigenvalue weighted by Crippen LogP contribution is -2.29. The number of aryl methyl sites for hydroxylation is 1. The summed E-state index contributed by atoms with van der Waals surface area (Å²) in [5, 5.41) is 2.50. The molecule has 0 saturated carbocycles. The number of nitrogens with zero attached hydrogens (tertiary/aromatic N) is 2. The molecular weight excluding hydrogens is 480 g/mol. The van der Waals surface area contributed by atoms with E-state index in [2.05, 4.69) is 15.0 Å². The molecule has 0 aliphatic rings.